The molecule has 2 fully saturated rings. The molecule has 1 saturated heterocycles. The van der Waals surface area contributed by atoms with Crippen LogP contribution in [0.25, 0.3) is 0 Å². The fourth-order valence-electron chi connectivity index (χ4n) is 5.72. The Morgan fingerprint density at radius 3 is 2.35 bits per heavy atom. The van der Waals surface area contributed by atoms with Gasteiger partial charge in [0.15, 0.2) is 0 Å². The van der Waals surface area contributed by atoms with Gasteiger partial charge >= 0.3 is 0 Å². The van der Waals surface area contributed by atoms with Gasteiger partial charge in [0.05, 0.1) is 12.0 Å². The van der Waals surface area contributed by atoms with E-state index in [4.69, 9.17) is 11.1 Å². The summed E-state index contributed by atoms with van der Waals surface area (Å²) in [4.78, 5) is 14.6. The zero-order valence-electron chi connectivity index (χ0n) is 19.6. The number of likely N-dealkylation sites (tertiary alicyclic amines) is 1. The number of nitrogens with zero attached hydrogens (tertiary/aromatic N) is 1. The number of nitrogens with two attached hydrogens (primary N) is 1. The molecular formula is C27H45N3O. The van der Waals surface area contributed by atoms with E-state index in [1.165, 1.54) is 89.0 Å². The maximum atomic E-state index is 12.8. The van der Waals surface area contributed by atoms with E-state index in [2.05, 4.69) is 18.2 Å². The minimum atomic E-state index is -0.182. The highest BCUT2D eigenvalue weighted by Gasteiger charge is 2.33. The molecule has 3 aliphatic rings. The van der Waals surface area contributed by atoms with E-state index in [0.717, 1.165) is 38.1 Å². The summed E-state index contributed by atoms with van der Waals surface area (Å²) < 4.78 is 0. The van der Waals surface area contributed by atoms with Crippen molar-refractivity contribution < 1.29 is 4.79 Å². The third-order valence-corrected chi connectivity index (χ3v) is 7.69. The maximum absolute atomic E-state index is 12.8. The number of amides is 1. The number of hydrogen-bond acceptors (Lipinski definition) is 2. The van der Waals surface area contributed by atoms with Gasteiger partial charge in [0, 0.05) is 6.54 Å². The van der Waals surface area contributed by atoms with Crippen molar-refractivity contribution >= 4 is 11.7 Å². The molecule has 0 radical (unpaired) electrons. The van der Waals surface area contributed by atoms with Gasteiger partial charge in [-0.05, 0) is 38.0 Å². The van der Waals surface area contributed by atoms with Crippen LogP contribution in [0.4, 0.5) is 0 Å². The highest BCUT2D eigenvalue weighted by Crippen LogP contribution is 2.28. The van der Waals surface area contributed by atoms with Crippen LogP contribution in [0.1, 0.15) is 109 Å². The van der Waals surface area contributed by atoms with Gasteiger partial charge < -0.3 is 10.6 Å². The first-order chi connectivity index (χ1) is 15.1. The smallest absolute Gasteiger partial charge is 0.230 e. The summed E-state index contributed by atoms with van der Waals surface area (Å²) >= 11 is 0. The summed E-state index contributed by atoms with van der Waals surface area (Å²) in [5.74, 6) is 1.25. The molecule has 1 amide bonds. The molecular weight excluding hydrogens is 382 g/mol. The molecule has 1 heterocycles. The Balaban J connectivity index is 1.21. The Hall–Kier alpha value is -1.58. The lowest BCUT2D eigenvalue weighted by Gasteiger charge is -2.27. The van der Waals surface area contributed by atoms with E-state index in [0.29, 0.717) is 0 Å². The molecule has 0 aromatic rings. The zero-order valence-corrected chi connectivity index (χ0v) is 19.6. The van der Waals surface area contributed by atoms with Crippen molar-refractivity contribution in [3.05, 3.63) is 23.8 Å². The number of hydrogen-bond donors (Lipinski definition) is 2. The second-order valence-corrected chi connectivity index (χ2v) is 10.1. The number of unbranched alkanes of at least 4 members (excludes halogenated alkanes) is 6. The predicted octanol–water partition coefficient (Wildman–Crippen LogP) is 6.51. The van der Waals surface area contributed by atoms with Gasteiger partial charge in [-0.2, -0.15) is 0 Å². The lowest BCUT2D eigenvalue weighted by Crippen LogP contribution is -2.45. The second-order valence-electron chi connectivity index (χ2n) is 10.1. The summed E-state index contributed by atoms with van der Waals surface area (Å²) in [5, 5.41) is 7.71. The van der Waals surface area contributed by atoms with Gasteiger partial charge in [-0.15, -0.1) is 0 Å². The molecule has 0 aromatic carbocycles. The van der Waals surface area contributed by atoms with Crippen LogP contribution in [-0.4, -0.2) is 29.2 Å². The standard InChI is InChI=1S/C27H45N3O/c28-26(29)25-16-11-21-30(25)27(31)24-19-17-23(18-20-24)15-8-5-3-1-2-4-7-12-22-13-9-6-10-14-22/h17-19,22,24-25H,1-16,20-21H2,(H3,28,29). The van der Waals surface area contributed by atoms with Crippen LogP contribution in [0.3, 0.4) is 0 Å². The van der Waals surface area contributed by atoms with Crippen LogP contribution in [0.5, 0.6) is 0 Å². The van der Waals surface area contributed by atoms with Gasteiger partial charge in [0.2, 0.25) is 5.91 Å². The predicted molar refractivity (Wildman–Crippen MR) is 130 cm³/mol. The molecule has 2 atom stereocenters. The van der Waals surface area contributed by atoms with Crippen LogP contribution < -0.4 is 5.73 Å². The molecule has 174 valence electrons. The van der Waals surface area contributed by atoms with Crippen molar-refractivity contribution in [2.45, 2.75) is 115 Å². The van der Waals surface area contributed by atoms with Crippen molar-refractivity contribution in [2.75, 3.05) is 6.54 Å². The lowest BCUT2D eigenvalue weighted by molar-refractivity contribution is -0.133. The molecule has 1 aliphatic heterocycles. The zero-order chi connectivity index (χ0) is 21.9. The molecule has 3 N–H and O–H groups in total. The van der Waals surface area contributed by atoms with Crippen LogP contribution in [0, 0.1) is 17.2 Å². The fourth-order valence-corrected chi connectivity index (χ4v) is 5.72. The average Bonchev–Trinajstić information content (AvgIpc) is 3.29. The summed E-state index contributed by atoms with van der Waals surface area (Å²) in [5.41, 5.74) is 7.07. The molecule has 0 aromatic heterocycles. The van der Waals surface area contributed by atoms with Crippen molar-refractivity contribution in [1.29, 1.82) is 5.41 Å². The largest absolute Gasteiger partial charge is 0.386 e. The van der Waals surface area contributed by atoms with Crippen LogP contribution in [0.2, 0.25) is 0 Å². The minimum absolute atomic E-state index is 0.0719. The molecule has 2 unspecified atom stereocenters. The number of allylic oxidation sites excluding steroid dienone is 3. The highest BCUT2D eigenvalue weighted by molar-refractivity contribution is 5.90. The molecule has 0 bridgehead atoms. The first-order valence-corrected chi connectivity index (χ1v) is 13.2. The summed E-state index contributed by atoms with van der Waals surface area (Å²) in [6, 6.07) is -0.182. The Kier molecular flexibility index (Phi) is 10.2. The summed E-state index contributed by atoms with van der Waals surface area (Å²) in [6.45, 7) is 0.741. The quantitative estimate of drug-likeness (QED) is 0.212. The highest BCUT2D eigenvalue weighted by atomic mass is 16.2. The minimum Gasteiger partial charge on any atom is -0.386 e. The Morgan fingerprint density at radius 1 is 0.968 bits per heavy atom. The van der Waals surface area contributed by atoms with Gasteiger partial charge in [0.1, 0.15) is 5.84 Å². The van der Waals surface area contributed by atoms with Crippen LogP contribution in [-0.2, 0) is 4.79 Å². The van der Waals surface area contributed by atoms with E-state index in [1.807, 2.05) is 4.90 Å². The molecule has 3 rings (SSSR count). The van der Waals surface area contributed by atoms with E-state index < -0.39 is 0 Å². The normalized spacial score (nSPS) is 24.4. The SMILES string of the molecule is N=C(N)C1CCCN1C(=O)C1C=CC(CCCCCCCCCC2CCCCC2)=CC1. The van der Waals surface area contributed by atoms with Crippen LogP contribution >= 0.6 is 0 Å². The third-order valence-electron chi connectivity index (χ3n) is 7.69. The number of amidine groups is 1. The lowest BCUT2D eigenvalue weighted by atomic mass is 9.85. The average molecular weight is 428 g/mol. The molecule has 1 saturated carbocycles. The van der Waals surface area contributed by atoms with E-state index >= 15 is 0 Å². The van der Waals surface area contributed by atoms with Gasteiger partial charge in [-0.1, -0.05) is 101 Å². The van der Waals surface area contributed by atoms with E-state index in [-0.39, 0.29) is 23.7 Å². The third kappa shape index (κ3) is 7.80. The molecule has 4 nitrogen and oxygen atoms in total. The number of nitrogens with one attached hydrogen (secondary N) is 1. The van der Waals surface area contributed by atoms with Crippen LogP contribution in [0.15, 0.2) is 23.8 Å². The Morgan fingerprint density at radius 2 is 1.68 bits per heavy atom. The van der Waals surface area contributed by atoms with Gasteiger partial charge in [0.25, 0.3) is 0 Å². The van der Waals surface area contributed by atoms with E-state index in [9.17, 15) is 4.79 Å². The van der Waals surface area contributed by atoms with E-state index in [1.54, 1.807) is 0 Å². The number of carbonyl (C=O) groups is 1. The molecule has 0 spiro atoms. The first kappa shape index (κ1) is 24.1. The van der Waals surface area contributed by atoms with Crippen molar-refractivity contribution in [1.82, 2.24) is 4.90 Å². The monoisotopic (exact) mass is 427 g/mol. The molecule has 4 heteroatoms. The van der Waals surface area contributed by atoms with Crippen molar-refractivity contribution in [3.63, 3.8) is 0 Å². The Bertz CT molecular complexity index is 632. The number of carbonyl (C=O) groups excluding carboxylic acids is 1. The topological polar surface area (TPSA) is 70.2 Å². The first-order valence-electron chi connectivity index (χ1n) is 13.2. The maximum Gasteiger partial charge on any atom is 0.230 e. The fraction of sp³-hybridized carbons (Fsp3) is 0.778. The summed E-state index contributed by atoms with van der Waals surface area (Å²) in [6.07, 6.45) is 28.8. The van der Waals surface area contributed by atoms with Crippen molar-refractivity contribution in [3.8, 4) is 0 Å². The summed E-state index contributed by atoms with van der Waals surface area (Å²) in [7, 11) is 0. The molecule has 2 aliphatic carbocycles. The number of rotatable bonds is 12. The van der Waals surface area contributed by atoms with Gasteiger partial charge in [-0.25, -0.2) is 0 Å². The van der Waals surface area contributed by atoms with Crippen molar-refractivity contribution in [2.24, 2.45) is 17.6 Å². The second kappa shape index (κ2) is 13.1. The van der Waals surface area contributed by atoms with Gasteiger partial charge in [-0.3, -0.25) is 10.2 Å². The Labute approximate surface area is 190 Å². The molecule has 31 heavy (non-hydrogen) atoms.